The summed E-state index contributed by atoms with van der Waals surface area (Å²) in [5, 5.41) is 5.80. The van der Waals surface area contributed by atoms with Crippen LogP contribution < -0.4 is 10.6 Å². The lowest BCUT2D eigenvalue weighted by atomic mass is 10.1. The third-order valence-corrected chi connectivity index (χ3v) is 5.75. The van der Waals surface area contributed by atoms with E-state index in [1.807, 2.05) is 24.3 Å². The number of likely N-dealkylation sites (N-methyl/N-ethyl adjacent to an activating group) is 1. The molecule has 10 heteroatoms. The normalized spacial score (nSPS) is 18.2. The second-order valence-corrected chi connectivity index (χ2v) is 10.5. The maximum absolute atomic E-state index is 12.4. The lowest BCUT2D eigenvalue weighted by Crippen LogP contribution is -2.46. The number of morpholine rings is 1. The summed E-state index contributed by atoms with van der Waals surface area (Å²) in [4.78, 5) is 37.1. The summed E-state index contributed by atoms with van der Waals surface area (Å²) >= 11 is 0. The zero-order chi connectivity index (χ0) is 27.0. The van der Waals surface area contributed by atoms with Crippen LogP contribution in [0.1, 0.15) is 40.2 Å². The molecule has 2 heterocycles. The molecule has 10 nitrogen and oxygen atoms in total. The van der Waals surface area contributed by atoms with Gasteiger partial charge >= 0.3 is 6.09 Å². The summed E-state index contributed by atoms with van der Waals surface area (Å²) in [7, 11) is 1.70. The molecule has 3 rings (SSSR count). The summed E-state index contributed by atoms with van der Waals surface area (Å²) in [5.74, 6) is 0.382. The molecular weight excluding hydrogens is 472 g/mol. The Bertz CT molecular complexity index is 1030. The van der Waals surface area contributed by atoms with E-state index in [0.717, 1.165) is 42.9 Å². The number of hydrogen-bond donors (Lipinski definition) is 2. The number of carbonyl (C=O) groups excluding carboxylic acids is 2. The quantitative estimate of drug-likeness (QED) is 0.528. The highest BCUT2D eigenvalue weighted by atomic mass is 16.6. The molecule has 1 aliphatic heterocycles. The van der Waals surface area contributed by atoms with E-state index < -0.39 is 11.7 Å². The van der Waals surface area contributed by atoms with Gasteiger partial charge in [-0.1, -0.05) is 18.2 Å². The van der Waals surface area contributed by atoms with Crippen LogP contribution in [0.4, 0.5) is 10.7 Å². The fraction of sp³-hybridized carbons (Fsp3) is 0.556. The number of ether oxygens (including phenoxy) is 2. The van der Waals surface area contributed by atoms with Crippen LogP contribution in [0.2, 0.25) is 0 Å². The second-order valence-electron chi connectivity index (χ2n) is 10.5. The van der Waals surface area contributed by atoms with Gasteiger partial charge < -0.3 is 25.0 Å². The molecule has 0 aliphatic carbocycles. The van der Waals surface area contributed by atoms with Gasteiger partial charge in [-0.3, -0.25) is 9.69 Å². The van der Waals surface area contributed by atoms with Crippen molar-refractivity contribution in [1.29, 1.82) is 0 Å². The minimum Gasteiger partial charge on any atom is -0.444 e. The van der Waals surface area contributed by atoms with Gasteiger partial charge in [-0.05, 0) is 51.8 Å². The average molecular weight is 513 g/mol. The Morgan fingerprint density at radius 1 is 1.14 bits per heavy atom. The van der Waals surface area contributed by atoms with Gasteiger partial charge in [0.2, 0.25) is 11.9 Å². The molecule has 0 saturated carbocycles. The maximum atomic E-state index is 12.4. The second kappa shape index (κ2) is 12.8. The minimum absolute atomic E-state index is 0.128. The van der Waals surface area contributed by atoms with Crippen molar-refractivity contribution < 1.29 is 19.1 Å². The van der Waals surface area contributed by atoms with E-state index in [9.17, 15) is 9.59 Å². The van der Waals surface area contributed by atoms with Crippen LogP contribution in [0.15, 0.2) is 36.7 Å². The fourth-order valence-electron chi connectivity index (χ4n) is 4.17. The molecule has 202 valence electrons. The SMILES string of the molecule is C[C@@H]1CN(CCNc2ncc(-c3cccc(CN(C)C(=O)CNC(=O)OC(C)(C)C)c3)cn2)C[C@H](C)O1. The molecule has 0 bridgehead atoms. The Morgan fingerprint density at radius 2 is 1.81 bits per heavy atom. The summed E-state index contributed by atoms with van der Waals surface area (Å²) in [5.41, 5.74) is 2.21. The maximum Gasteiger partial charge on any atom is 0.408 e. The molecule has 37 heavy (non-hydrogen) atoms. The highest BCUT2D eigenvalue weighted by Crippen LogP contribution is 2.20. The van der Waals surface area contributed by atoms with Gasteiger partial charge in [-0.15, -0.1) is 0 Å². The number of nitrogens with zero attached hydrogens (tertiary/aromatic N) is 4. The number of aromatic nitrogens is 2. The standard InChI is InChI=1S/C27H40N6O4/c1-19-16-33(17-20(2)36-19)11-10-28-25-29-13-23(14-30-25)22-9-7-8-21(12-22)18-32(6)24(34)15-31-26(35)37-27(3,4)5/h7-9,12-14,19-20H,10-11,15-18H2,1-6H3,(H,31,35)(H,28,29,30)/t19-,20+. The number of amides is 2. The van der Waals surface area contributed by atoms with Gasteiger partial charge in [0, 0.05) is 57.7 Å². The summed E-state index contributed by atoms with van der Waals surface area (Å²) in [6, 6.07) is 7.90. The van der Waals surface area contributed by atoms with Gasteiger partial charge in [0.15, 0.2) is 0 Å². The highest BCUT2D eigenvalue weighted by Gasteiger charge is 2.21. The van der Waals surface area contributed by atoms with E-state index >= 15 is 0 Å². The van der Waals surface area contributed by atoms with Crippen molar-refractivity contribution in [1.82, 2.24) is 25.1 Å². The van der Waals surface area contributed by atoms with E-state index in [1.165, 1.54) is 0 Å². The zero-order valence-electron chi connectivity index (χ0n) is 22.8. The van der Waals surface area contributed by atoms with Crippen LogP contribution in [0.5, 0.6) is 0 Å². The number of carbonyl (C=O) groups is 2. The zero-order valence-corrected chi connectivity index (χ0v) is 22.8. The van der Waals surface area contributed by atoms with Crippen molar-refractivity contribution >= 4 is 17.9 Å². The van der Waals surface area contributed by atoms with Crippen molar-refractivity contribution in [3.8, 4) is 11.1 Å². The van der Waals surface area contributed by atoms with E-state index in [2.05, 4.69) is 39.3 Å². The Labute approximate surface area is 219 Å². The molecule has 1 fully saturated rings. The van der Waals surface area contributed by atoms with Crippen LogP contribution in [-0.2, 0) is 20.8 Å². The van der Waals surface area contributed by atoms with Crippen molar-refractivity contribution in [3.05, 3.63) is 42.2 Å². The third-order valence-electron chi connectivity index (χ3n) is 5.75. The van der Waals surface area contributed by atoms with E-state index in [4.69, 9.17) is 9.47 Å². The first-order valence-corrected chi connectivity index (χ1v) is 12.7. The van der Waals surface area contributed by atoms with Gasteiger partial charge in [0.1, 0.15) is 12.1 Å². The van der Waals surface area contributed by atoms with Crippen LogP contribution in [0.25, 0.3) is 11.1 Å². The van der Waals surface area contributed by atoms with Gasteiger partial charge in [0.25, 0.3) is 0 Å². The molecule has 1 aliphatic rings. The predicted molar refractivity (Wildman–Crippen MR) is 143 cm³/mol. The van der Waals surface area contributed by atoms with E-state index in [0.29, 0.717) is 12.5 Å². The molecular formula is C27H40N6O4. The van der Waals surface area contributed by atoms with Crippen molar-refractivity contribution in [2.75, 3.05) is 45.1 Å². The first-order valence-electron chi connectivity index (χ1n) is 12.7. The average Bonchev–Trinajstić information content (AvgIpc) is 2.81. The Kier molecular flexibility index (Phi) is 9.82. The topological polar surface area (TPSA) is 109 Å². The first kappa shape index (κ1) is 28.3. The van der Waals surface area contributed by atoms with Crippen LogP contribution in [-0.4, -0.2) is 89.3 Å². The summed E-state index contributed by atoms with van der Waals surface area (Å²) < 4.78 is 11.0. The molecule has 1 aromatic heterocycles. The van der Waals surface area contributed by atoms with Crippen LogP contribution >= 0.6 is 0 Å². The van der Waals surface area contributed by atoms with Crippen molar-refractivity contribution in [2.45, 2.75) is 59.0 Å². The largest absolute Gasteiger partial charge is 0.444 e. The number of rotatable bonds is 9. The van der Waals surface area contributed by atoms with Gasteiger partial charge in [-0.2, -0.15) is 0 Å². The predicted octanol–water partition coefficient (Wildman–Crippen LogP) is 3.15. The number of alkyl carbamates (subject to hydrolysis) is 1. The molecule has 0 spiro atoms. The summed E-state index contributed by atoms with van der Waals surface area (Å²) in [6.07, 6.45) is 3.49. The Morgan fingerprint density at radius 3 is 2.46 bits per heavy atom. The monoisotopic (exact) mass is 512 g/mol. The van der Waals surface area contributed by atoms with E-state index in [1.54, 1.807) is 45.1 Å². The number of nitrogens with one attached hydrogen (secondary N) is 2. The van der Waals surface area contributed by atoms with Crippen LogP contribution in [0, 0.1) is 0 Å². The number of benzene rings is 1. The molecule has 1 aromatic carbocycles. The van der Waals surface area contributed by atoms with Gasteiger partial charge in [0.05, 0.1) is 12.2 Å². The molecule has 0 unspecified atom stereocenters. The highest BCUT2D eigenvalue weighted by molar-refractivity contribution is 5.82. The minimum atomic E-state index is -0.613. The molecule has 1 saturated heterocycles. The number of anilines is 1. The number of hydrogen-bond acceptors (Lipinski definition) is 8. The molecule has 2 atom stereocenters. The Balaban J connectivity index is 1.48. The molecule has 2 N–H and O–H groups in total. The Hall–Kier alpha value is -3.24. The van der Waals surface area contributed by atoms with Crippen LogP contribution in [0.3, 0.4) is 0 Å². The summed E-state index contributed by atoms with van der Waals surface area (Å²) in [6.45, 7) is 13.3. The first-order chi connectivity index (χ1) is 17.5. The molecule has 2 aromatic rings. The van der Waals surface area contributed by atoms with Crippen molar-refractivity contribution in [2.24, 2.45) is 0 Å². The lowest BCUT2D eigenvalue weighted by Gasteiger charge is -2.35. The smallest absolute Gasteiger partial charge is 0.408 e. The fourth-order valence-corrected chi connectivity index (χ4v) is 4.17. The third kappa shape index (κ3) is 9.62. The molecule has 0 radical (unpaired) electrons. The molecule has 2 amide bonds. The van der Waals surface area contributed by atoms with Crippen molar-refractivity contribution in [3.63, 3.8) is 0 Å². The van der Waals surface area contributed by atoms with Gasteiger partial charge in [-0.25, -0.2) is 14.8 Å². The van der Waals surface area contributed by atoms with E-state index in [-0.39, 0.29) is 24.7 Å². The lowest BCUT2D eigenvalue weighted by molar-refractivity contribution is -0.129.